The molecule has 1 N–H and O–H groups in total. The van der Waals surface area contributed by atoms with Gasteiger partial charge in [0.05, 0.1) is 25.4 Å². The molecule has 1 heterocycles. The molecule has 0 amide bonds. The molecule has 3 aromatic rings. The second kappa shape index (κ2) is 9.22. The topological polar surface area (TPSA) is 52.6 Å². The zero-order chi connectivity index (χ0) is 18.2. The SMILES string of the molecule is COc1ccc(CNCc2ccc(OCc3cscn3)cc2)cc1OC. The van der Waals surface area contributed by atoms with Crippen molar-refractivity contribution < 1.29 is 14.2 Å². The average molecular weight is 370 g/mol. The first-order valence-corrected chi connectivity index (χ1v) is 9.23. The Labute approximate surface area is 157 Å². The fourth-order valence-electron chi connectivity index (χ4n) is 2.51. The van der Waals surface area contributed by atoms with E-state index in [9.17, 15) is 0 Å². The molecule has 1 aromatic heterocycles. The predicted molar refractivity (Wildman–Crippen MR) is 103 cm³/mol. The normalized spacial score (nSPS) is 10.5. The highest BCUT2D eigenvalue weighted by molar-refractivity contribution is 7.07. The molecule has 0 saturated heterocycles. The molecular weight excluding hydrogens is 348 g/mol. The maximum Gasteiger partial charge on any atom is 0.161 e. The summed E-state index contributed by atoms with van der Waals surface area (Å²) in [5.41, 5.74) is 5.11. The summed E-state index contributed by atoms with van der Waals surface area (Å²) < 4.78 is 16.3. The molecule has 136 valence electrons. The van der Waals surface area contributed by atoms with Crippen LogP contribution in [0.25, 0.3) is 0 Å². The zero-order valence-corrected chi connectivity index (χ0v) is 15.7. The van der Waals surface area contributed by atoms with E-state index in [1.54, 1.807) is 25.6 Å². The lowest BCUT2D eigenvalue weighted by Crippen LogP contribution is -2.12. The molecule has 3 rings (SSSR count). The molecule has 0 aliphatic heterocycles. The number of nitrogens with one attached hydrogen (secondary N) is 1. The number of nitrogens with zero attached hydrogens (tertiary/aromatic N) is 1. The van der Waals surface area contributed by atoms with Gasteiger partial charge in [0.15, 0.2) is 11.5 Å². The van der Waals surface area contributed by atoms with Gasteiger partial charge in [0.1, 0.15) is 12.4 Å². The van der Waals surface area contributed by atoms with Crippen LogP contribution in [0.4, 0.5) is 0 Å². The molecule has 0 atom stereocenters. The van der Waals surface area contributed by atoms with Crippen molar-refractivity contribution in [1.29, 1.82) is 0 Å². The van der Waals surface area contributed by atoms with Gasteiger partial charge in [0, 0.05) is 18.5 Å². The van der Waals surface area contributed by atoms with Crippen LogP contribution >= 0.6 is 11.3 Å². The first kappa shape index (κ1) is 18.2. The third-order valence-electron chi connectivity index (χ3n) is 3.90. The molecule has 5 nitrogen and oxygen atoms in total. The van der Waals surface area contributed by atoms with Gasteiger partial charge >= 0.3 is 0 Å². The second-order valence-corrected chi connectivity index (χ2v) is 6.42. The van der Waals surface area contributed by atoms with Crippen LogP contribution < -0.4 is 19.5 Å². The van der Waals surface area contributed by atoms with Crippen LogP contribution in [0.5, 0.6) is 17.2 Å². The molecule has 0 radical (unpaired) electrons. The summed E-state index contributed by atoms with van der Waals surface area (Å²) in [4.78, 5) is 4.21. The molecule has 6 heteroatoms. The molecular formula is C20H22N2O3S. The van der Waals surface area contributed by atoms with Crippen molar-refractivity contribution in [2.45, 2.75) is 19.7 Å². The van der Waals surface area contributed by atoms with Gasteiger partial charge in [-0.05, 0) is 35.4 Å². The van der Waals surface area contributed by atoms with Crippen LogP contribution in [0, 0.1) is 0 Å². The van der Waals surface area contributed by atoms with Crippen LogP contribution in [0.2, 0.25) is 0 Å². The Morgan fingerprint density at radius 2 is 1.65 bits per heavy atom. The number of hydrogen-bond acceptors (Lipinski definition) is 6. The summed E-state index contributed by atoms with van der Waals surface area (Å²) in [6, 6.07) is 14.0. The van der Waals surface area contributed by atoms with E-state index in [0.717, 1.165) is 41.6 Å². The highest BCUT2D eigenvalue weighted by atomic mass is 32.1. The van der Waals surface area contributed by atoms with Crippen molar-refractivity contribution in [1.82, 2.24) is 10.3 Å². The number of methoxy groups -OCH3 is 2. The minimum absolute atomic E-state index is 0.500. The standard InChI is InChI=1S/C20H22N2O3S/c1-23-19-8-5-16(9-20(19)24-2)11-21-10-15-3-6-18(7-4-15)25-12-17-13-26-14-22-17/h3-9,13-14,21H,10-12H2,1-2H3. The quantitative estimate of drug-likeness (QED) is 0.616. The van der Waals surface area contributed by atoms with Crippen LogP contribution in [0.1, 0.15) is 16.8 Å². The van der Waals surface area contributed by atoms with E-state index in [-0.39, 0.29) is 0 Å². The fraction of sp³-hybridized carbons (Fsp3) is 0.250. The molecule has 0 unspecified atom stereocenters. The van der Waals surface area contributed by atoms with Gasteiger partial charge in [-0.3, -0.25) is 0 Å². The van der Waals surface area contributed by atoms with E-state index < -0.39 is 0 Å². The van der Waals surface area contributed by atoms with Crippen LogP contribution in [0.3, 0.4) is 0 Å². The van der Waals surface area contributed by atoms with Crippen molar-refractivity contribution in [3.05, 3.63) is 70.2 Å². The highest BCUT2D eigenvalue weighted by Gasteiger charge is 2.04. The molecule has 0 spiro atoms. The molecule has 2 aromatic carbocycles. The van der Waals surface area contributed by atoms with Gasteiger partial charge in [0.25, 0.3) is 0 Å². The number of ether oxygens (including phenoxy) is 3. The van der Waals surface area contributed by atoms with E-state index in [1.165, 1.54) is 5.56 Å². The summed E-state index contributed by atoms with van der Waals surface area (Å²) in [5.74, 6) is 2.33. The maximum absolute atomic E-state index is 5.72. The highest BCUT2D eigenvalue weighted by Crippen LogP contribution is 2.27. The number of thiazole rings is 1. The number of benzene rings is 2. The second-order valence-electron chi connectivity index (χ2n) is 5.71. The lowest BCUT2D eigenvalue weighted by Gasteiger charge is -2.11. The third kappa shape index (κ3) is 4.97. The van der Waals surface area contributed by atoms with Gasteiger partial charge in [-0.25, -0.2) is 4.98 Å². The largest absolute Gasteiger partial charge is 0.493 e. The third-order valence-corrected chi connectivity index (χ3v) is 4.54. The average Bonchev–Trinajstić information content (AvgIpc) is 3.21. The fourth-order valence-corrected chi connectivity index (χ4v) is 3.05. The van der Waals surface area contributed by atoms with Crippen LogP contribution in [0.15, 0.2) is 53.4 Å². The van der Waals surface area contributed by atoms with E-state index in [0.29, 0.717) is 6.61 Å². The first-order valence-electron chi connectivity index (χ1n) is 8.29. The van der Waals surface area contributed by atoms with Crippen molar-refractivity contribution in [2.75, 3.05) is 14.2 Å². The van der Waals surface area contributed by atoms with Gasteiger partial charge in [0.2, 0.25) is 0 Å². The molecule has 0 bridgehead atoms. The minimum atomic E-state index is 0.500. The Hall–Kier alpha value is -2.57. The Kier molecular flexibility index (Phi) is 6.46. The lowest BCUT2D eigenvalue weighted by atomic mass is 10.2. The van der Waals surface area contributed by atoms with Gasteiger partial charge in [-0.1, -0.05) is 18.2 Å². The smallest absolute Gasteiger partial charge is 0.161 e. The summed E-state index contributed by atoms with van der Waals surface area (Å²) in [7, 11) is 3.28. The van der Waals surface area contributed by atoms with Crippen LogP contribution in [-0.4, -0.2) is 19.2 Å². The number of rotatable bonds is 9. The monoisotopic (exact) mass is 370 g/mol. The molecule has 26 heavy (non-hydrogen) atoms. The molecule has 0 aliphatic carbocycles. The Morgan fingerprint density at radius 1 is 0.923 bits per heavy atom. The first-order chi connectivity index (χ1) is 12.8. The summed E-state index contributed by atoms with van der Waals surface area (Å²) >= 11 is 1.57. The van der Waals surface area contributed by atoms with Crippen molar-refractivity contribution in [3.63, 3.8) is 0 Å². The van der Waals surface area contributed by atoms with E-state index >= 15 is 0 Å². The summed E-state index contributed by atoms with van der Waals surface area (Å²) in [6.45, 7) is 2.03. The van der Waals surface area contributed by atoms with Crippen molar-refractivity contribution >= 4 is 11.3 Å². The van der Waals surface area contributed by atoms with Crippen molar-refractivity contribution in [2.24, 2.45) is 0 Å². The van der Waals surface area contributed by atoms with Gasteiger partial charge < -0.3 is 19.5 Å². The maximum atomic E-state index is 5.72. The van der Waals surface area contributed by atoms with E-state index in [4.69, 9.17) is 14.2 Å². The zero-order valence-electron chi connectivity index (χ0n) is 14.9. The van der Waals surface area contributed by atoms with Gasteiger partial charge in [-0.15, -0.1) is 11.3 Å². The lowest BCUT2D eigenvalue weighted by molar-refractivity contribution is 0.302. The summed E-state index contributed by atoms with van der Waals surface area (Å²) in [5, 5.41) is 5.43. The number of aromatic nitrogens is 1. The number of hydrogen-bond donors (Lipinski definition) is 1. The van der Waals surface area contributed by atoms with Crippen LogP contribution in [-0.2, 0) is 19.7 Å². The Morgan fingerprint density at radius 3 is 2.35 bits per heavy atom. The summed E-state index contributed by atoms with van der Waals surface area (Å²) in [6.07, 6.45) is 0. The molecule has 0 aliphatic rings. The van der Waals surface area contributed by atoms with E-state index in [2.05, 4.69) is 22.4 Å². The predicted octanol–water partition coefficient (Wildman–Crippen LogP) is 4.03. The molecule has 0 saturated carbocycles. The Bertz CT molecular complexity index is 804. The minimum Gasteiger partial charge on any atom is -0.493 e. The van der Waals surface area contributed by atoms with Crippen molar-refractivity contribution in [3.8, 4) is 17.2 Å². The van der Waals surface area contributed by atoms with Gasteiger partial charge in [-0.2, -0.15) is 0 Å². The van der Waals surface area contributed by atoms with E-state index in [1.807, 2.05) is 41.2 Å². The molecule has 0 fully saturated rings. The Balaban J connectivity index is 1.47.